The van der Waals surface area contributed by atoms with Gasteiger partial charge in [-0.2, -0.15) is 0 Å². The Kier molecular flexibility index (Phi) is 5.59. The van der Waals surface area contributed by atoms with Crippen LogP contribution in [0.15, 0.2) is 42.5 Å². The zero-order chi connectivity index (χ0) is 17.0. The summed E-state index contributed by atoms with van der Waals surface area (Å²) in [7, 11) is 0. The average molecular weight is 315 g/mol. The maximum atomic E-state index is 12.9. The lowest BCUT2D eigenvalue weighted by molar-refractivity contribution is -0.132. The van der Waals surface area contributed by atoms with Crippen molar-refractivity contribution < 1.29 is 14.3 Å². The Morgan fingerprint density at radius 3 is 2.57 bits per heavy atom. The van der Waals surface area contributed by atoms with Crippen LogP contribution in [0.5, 0.6) is 0 Å². The smallest absolute Gasteiger partial charge is 0.417 e. The van der Waals surface area contributed by atoms with Gasteiger partial charge in [0.2, 0.25) is 5.91 Å². The first-order valence-electron chi connectivity index (χ1n) is 8.09. The van der Waals surface area contributed by atoms with Crippen molar-refractivity contribution >= 4 is 12.0 Å². The van der Waals surface area contributed by atoms with E-state index in [-0.39, 0.29) is 24.5 Å². The average Bonchev–Trinajstić information content (AvgIpc) is 2.85. The van der Waals surface area contributed by atoms with Crippen molar-refractivity contribution in [2.75, 3.05) is 6.61 Å². The van der Waals surface area contributed by atoms with Crippen LogP contribution < -0.4 is 0 Å². The number of ether oxygens (including phenoxy) is 1. The topological polar surface area (TPSA) is 46.6 Å². The highest BCUT2D eigenvalue weighted by molar-refractivity contribution is 5.96. The van der Waals surface area contributed by atoms with Crippen LogP contribution in [0.2, 0.25) is 0 Å². The van der Waals surface area contributed by atoms with Gasteiger partial charge in [-0.25, -0.2) is 9.69 Å². The molecule has 1 aliphatic heterocycles. The third-order valence-corrected chi connectivity index (χ3v) is 4.11. The Balaban J connectivity index is 2.17. The fraction of sp³-hybridized carbons (Fsp3) is 0.474. The first-order chi connectivity index (χ1) is 10.9. The van der Waals surface area contributed by atoms with E-state index in [4.69, 9.17) is 4.74 Å². The molecular weight excluding hydrogens is 290 g/mol. The summed E-state index contributed by atoms with van der Waals surface area (Å²) in [6.07, 6.45) is 0.768. The van der Waals surface area contributed by atoms with Gasteiger partial charge >= 0.3 is 6.09 Å². The first-order valence-corrected chi connectivity index (χ1v) is 8.09. The third kappa shape index (κ3) is 4.21. The number of hydrogen-bond acceptors (Lipinski definition) is 3. The molecule has 1 heterocycles. The molecule has 2 amide bonds. The fourth-order valence-corrected chi connectivity index (χ4v) is 2.92. The van der Waals surface area contributed by atoms with Gasteiger partial charge in [0.15, 0.2) is 0 Å². The van der Waals surface area contributed by atoms with E-state index in [9.17, 15) is 9.59 Å². The van der Waals surface area contributed by atoms with Crippen molar-refractivity contribution in [3.63, 3.8) is 0 Å². The fourth-order valence-electron chi connectivity index (χ4n) is 2.92. The van der Waals surface area contributed by atoms with E-state index in [1.165, 1.54) is 4.90 Å². The van der Waals surface area contributed by atoms with Gasteiger partial charge in [0, 0.05) is 0 Å². The number of carbonyl (C=O) groups is 2. The molecule has 4 heteroatoms. The van der Waals surface area contributed by atoms with Crippen molar-refractivity contribution in [3.8, 4) is 0 Å². The van der Waals surface area contributed by atoms with Crippen LogP contribution in [0.3, 0.4) is 0 Å². The highest BCUT2D eigenvalue weighted by Gasteiger charge is 2.40. The molecule has 2 rings (SSSR count). The van der Waals surface area contributed by atoms with Gasteiger partial charge in [0.25, 0.3) is 0 Å². The molecule has 0 saturated carbocycles. The SMILES string of the molecule is C=C(C)[C@@H](CC(C)C)C(=O)N1C(=O)OC[C@@H]1Cc1ccccc1. The third-order valence-electron chi connectivity index (χ3n) is 4.11. The lowest BCUT2D eigenvalue weighted by Crippen LogP contribution is -2.44. The lowest BCUT2D eigenvalue weighted by atomic mass is 9.90. The summed E-state index contributed by atoms with van der Waals surface area (Å²) in [6.45, 7) is 10.2. The van der Waals surface area contributed by atoms with Crippen LogP contribution in [0.4, 0.5) is 4.79 Å². The van der Waals surface area contributed by atoms with Crippen LogP contribution in [-0.4, -0.2) is 29.5 Å². The van der Waals surface area contributed by atoms with Crippen molar-refractivity contribution in [2.24, 2.45) is 11.8 Å². The van der Waals surface area contributed by atoms with Crippen LogP contribution in [0.1, 0.15) is 32.8 Å². The molecule has 1 saturated heterocycles. The van der Waals surface area contributed by atoms with Gasteiger partial charge in [-0.3, -0.25) is 4.79 Å². The molecule has 0 radical (unpaired) electrons. The number of rotatable bonds is 6. The second-order valence-electron chi connectivity index (χ2n) is 6.66. The molecule has 1 aliphatic rings. The molecule has 23 heavy (non-hydrogen) atoms. The number of benzene rings is 1. The molecule has 0 spiro atoms. The minimum Gasteiger partial charge on any atom is -0.447 e. The van der Waals surface area contributed by atoms with Gasteiger partial charge in [0.05, 0.1) is 12.0 Å². The number of hydrogen-bond donors (Lipinski definition) is 0. The predicted octanol–water partition coefficient (Wildman–Crippen LogP) is 3.81. The van der Waals surface area contributed by atoms with Crippen LogP contribution in [-0.2, 0) is 16.0 Å². The first kappa shape index (κ1) is 17.3. The summed E-state index contributed by atoms with van der Waals surface area (Å²) in [5.41, 5.74) is 1.88. The minimum atomic E-state index is -0.536. The maximum absolute atomic E-state index is 12.9. The summed E-state index contributed by atoms with van der Waals surface area (Å²) < 4.78 is 5.14. The highest BCUT2D eigenvalue weighted by atomic mass is 16.6. The molecule has 0 aliphatic carbocycles. The number of amides is 2. The van der Waals surface area contributed by atoms with Gasteiger partial charge in [-0.15, -0.1) is 0 Å². The molecule has 0 N–H and O–H groups in total. The van der Waals surface area contributed by atoms with Crippen LogP contribution in [0, 0.1) is 11.8 Å². The molecular formula is C19H25NO3. The standard InChI is InChI=1S/C19H25NO3/c1-13(2)10-17(14(3)4)18(21)20-16(12-23-19(20)22)11-15-8-6-5-7-9-15/h5-9,13,16-17H,3,10-12H2,1-2,4H3/t16-,17+/m0/s1. The zero-order valence-electron chi connectivity index (χ0n) is 14.1. The molecule has 2 atom stereocenters. The summed E-state index contributed by atoms with van der Waals surface area (Å²) in [6, 6.07) is 9.60. The zero-order valence-corrected chi connectivity index (χ0v) is 14.1. The largest absolute Gasteiger partial charge is 0.447 e. The lowest BCUT2D eigenvalue weighted by Gasteiger charge is -2.26. The van der Waals surface area contributed by atoms with E-state index >= 15 is 0 Å². The molecule has 1 fully saturated rings. The number of cyclic esters (lactones) is 1. The van der Waals surface area contributed by atoms with Gasteiger partial charge in [0.1, 0.15) is 6.61 Å². The number of nitrogens with zero attached hydrogens (tertiary/aromatic N) is 1. The van der Waals surface area contributed by atoms with Crippen molar-refractivity contribution in [3.05, 3.63) is 48.0 Å². The van der Waals surface area contributed by atoms with Crippen molar-refractivity contribution in [2.45, 2.75) is 39.7 Å². The second-order valence-corrected chi connectivity index (χ2v) is 6.66. The second kappa shape index (κ2) is 7.44. The van der Waals surface area contributed by atoms with E-state index in [1.807, 2.05) is 37.3 Å². The summed E-state index contributed by atoms with van der Waals surface area (Å²) in [5, 5.41) is 0. The van der Waals surface area contributed by atoms with Crippen LogP contribution in [0.25, 0.3) is 0 Å². The Morgan fingerprint density at radius 1 is 1.35 bits per heavy atom. The van der Waals surface area contributed by atoms with Gasteiger partial charge in [-0.1, -0.05) is 56.3 Å². The van der Waals surface area contributed by atoms with E-state index in [2.05, 4.69) is 20.4 Å². The minimum absolute atomic E-state index is 0.186. The van der Waals surface area contributed by atoms with E-state index in [0.717, 1.165) is 11.1 Å². The summed E-state index contributed by atoms with van der Waals surface area (Å²) in [4.78, 5) is 26.3. The van der Waals surface area contributed by atoms with Gasteiger partial charge in [-0.05, 0) is 31.2 Å². The Hall–Kier alpha value is -2.10. The quantitative estimate of drug-likeness (QED) is 0.750. The Bertz CT molecular complexity index is 580. The molecule has 4 nitrogen and oxygen atoms in total. The van der Waals surface area contributed by atoms with Gasteiger partial charge < -0.3 is 4.74 Å². The van der Waals surface area contributed by atoms with E-state index < -0.39 is 6.09 Å². The highest BCUT2D eigenvalue weighted by Crippen LogP contribution is 2.26. The maximum Gasteiger partial charge on any atom is 0.417 e. The molecule has 1 aromatic rings. The van der Waals surface area contributed by atoms with Crippen molar-refractivity contribution in [1.82, 2.24) is 4.90 Å². The molecule has 1 aromatic carbocycles. The predicted molar refractivity (Wildman–Crippen MR) is 89.9 cm³/mol. The normalized spacial score (nSPS) is 18.9. The molecule has 0 unspecified atom stereocenters. The molecule has 124 valence electrons. The molecule has 0 bridgehead atoms. The summed E-state index contributed by atoms with van der Waals surface area (Å²) in [5.74, 6) is -0.166. The van der Waals surface area contributed by atoms with Crippen molar-refractivity contribution in [1.29, 1.82) is 0 Å². The number of imide groups is 1. The monoisotopic (exact) mass is 315 g/mol. The van der Waals surface area contributed by atoms with Crippen LogP contribution >= 0.6 is 0 Å². The molecule has 0 aromatic heterocycles. The number of carbonyl (C=O) groups excluding carboxylic acids is 2. The summed E-state index contributed by atoms with van der Waals surface area (Å²) >= 11 is 0. The van der Waals surface area contributed by atoms with E-state index in [1.54, 1.807) is 0 Å². The Morgan fingerprint density at radius 2 is 2.00 bits per heavy atom. The van der Waals surface area contributed by atoms with E-state index in [0.29, 0.717) is 18.8 Å². The Labute approximate surface area is 138 Å².